The van der Waals surface area contributed by atoms with E-state index in [2.05, 4.69) is 11.0 Å². The molecule has 0 radical (unpaired) electrons. The van der Waals surface area contributed by atoms with Gasteiger partial charge in [-0.25, -0.2) is 4.79 Å². The number of ether oxygens (including phenoxy) is 2. The number of hydrogen-bond acceptors (Lipinski definition) is 6. The van der Waals surface area contributed by atoms with Crippen molar-refractivity contribution >= 4 is 35.1 Å². The summed E-state index contributed by atoms with van der Waals surface area (Å²) in [6.07, 6.45) is 0.112. The number of piperazine rings is 1. The van der Waals surface area contributed by atoms with Crippen LogP contribution in [0.15, 0.2) is 84.1 Å². The monoisotopic (exact) mass is 615 g/mol. The average molecular weight is 616 g/mol. The molecule has 5 rings (SSSR count). The molecule has 230 valence electrons. The van der Waals surface area contributed by atoms with Gasteiger partial charge in [0.2, 0.25) is 5.91 Å². The number of para-hydroxylation sites is 2. The van der Waals surface area contributed by atoms with Crippen LogP contribution in [-0.2, 0) is 20.9 Å². The molecular formula is C35H38ClN3O5. The summed E-state index contributed by atoms with van der Waals surface area (Å²) in [5.41, 5.74) is 4.20. The minimum atomic E-state index is -0.455. The van der Waals surface area contributed by atoms with Crippen molar-refractivity contribution in [2.24, 2.45) is 0 Å². The molecule has 3 aromatic carbocycles. The Hall–Kier alpha value is -4.30. The van der Waals surface area contributed by atoms with Gasteiger partial charge in [-0.05, 0) is 68.3 Å². The zero-order valence-corrected chi connectivity index (χ0v) is 26.2. The lowest BCUT2D eigenvalue weighted by Gasteiger charge is -2.37. The fraction of sp³-hybridized carbons (Fsp3) is 0.343. The first kappa shape index (κ1) is 31.1. The first-order valence-electron chi connectivity index (χ1n) is 15.1. The van der Waals surface area contributed by atoms with E-state index in [1.54, 1.807) is 30.9 Å². The van der Waals surface area contributed by atoms with E-state index < -0.39 is 11.9 Å². The van der Waals surface area contributed by atoms with Crippen LogP contribution in [0.3, 0.4) is 0 Å². The molecule has 2 aliphatic heterocycles. The number of allylic oxidation sites excluding steroid dienone is 1. The van der Waals surface area contributed by atoms with Crippen LogP contribution in [0.1, 0.15) is 54.6 Å². The van der Waals surface area contributed by atoms with E-state index >= 15 is 0 Å². The van der Waals surface area contributed by atoms with Crippen molar-refractivity contribution in [1.29, 1.82) is 0 Å². The number of benzene rings is 3. The topological polar surface area (TPSA) is 79.4 Å². The normalized spacial score (nSPS) is 17.1. The zero-order valence-electron chi connectivity index (χ0n) is 25.4. The SMILES string of the molecule is CCOC(=O)C1=C(C)N(Cc2cccc(C(=O)N3CCN(c4ccccc4OCC)CC3)c2)C(=O)CC1c1cccc(Cl)c1. The van der Waals surface area contributed by atoms with Gasteiger partial charge in [0, 0.05) is 54.8 Å². The number of nitrogens with zero attached hydrogens (tertiary/aromatic N) is 3. The van der Waals surface area contributed by atoms with E-state index in [0.29, 0.717) is 54.6 Å². The van der Waals surface area contributed by atoms with Crippen LogP contribution >= 0.6 is 11.6 Å². The first-order valence-corrected chi connectivity index (χ1v) is 15.5. The number of hydrogen-bond donors (Lipinski definition) is 0. The van der Waals surface area contributed by atoms with Gasteiger partial charge in [0.25, 0.3) is 5.91 Å². The maximum Gasteiger partial charge on any atom is 0.336 e. The predicted octanol–water partition coefficient (Wildman–Crippen LogP) is 6.05. The van der Waals surface area contributed by atoms with Crippen molar-refractivity contribution in [3.63, 3.8) is 0 Å². The van der Waals surface area contributed by atoms with Crippen LogP contribution in [0.4, 0.5) is 5.69 Å². The van der Waals surface area contributed by atoms with Gasteiger partial charge in [-0.2, -0.15) is 0 Å². The maximum absolute atomic E-state index is 13.5. The van der Waals surface area contributed by atoms with Gasteiger partial charge in [-0.3, -0.25) is 9.59 Å². The summed E-state index contributed by atoms with van der Waals surface area (Å²) in [6, 6.07) is 22.6. The third-order valence-corrected chi connectivity index (χ3v) is 8.39. The second-order valence-corrected chi connectivity index (χ2v) is 11.3. The number of esters is 1. The Balaban J connectivity index is 1.32. The van der Waals surface area contributed by atoms with Crippen LogP contribution in [0.25, 0.3) is 0 Å². The van der Waals surface area contributed by atoms with E-state index in [1.807, 2.05) is 66.4 Å². The molecule has 8 nitrogen and oxygen atoms in total. The predicted molar refractivity (Wildman–Crippen MR) is 171 cm³/mol. The fourth-order valence-corrected chi connectivity index (χ4v) is 6.20. The van der Waals surface area contributed by atoms with Gasteiger partial charge in [0.1, 0.15) is 5.75 Å². The van der Waals surface area contributed by atoms with Crippen LogP contribution < -0.4 is 9.64 Å². The third kappa shape index (κ3) is 6.76. The molecule has 2 amide bonds. The molecule has 1 saturated heterocycles. The van der Waals surface area contributed by atoms with Gasteiger partial charge < -0.3 is 24.2 Å². The molecule has 0 bridgehead atoms. The van der Waals surface area contributed by atoms with Crippen molar-refractivity contribution in [1.82, 2.24) is 9.80 Å². The molecule has 2 heterocycles. The lowest BCUT2D eigenvalue weighted by Crippen LogP contribution is -2.48. The molecule has 9 heteroatoms. The second kappa shape index (κ2) is 14.0. The van der Waals surface area contributed by atoms with Crippen molar-refractivity contribution in [2.45, 2.75) is 39.7 Å². The summed E-state index contributed by atoms with van der Waals surface area (Å²) in [7, 11) is 0. The summed E-state index contributed by atoms with van der Waals surface area (Å²) in [5.74, 6) is -0.206. The molecule has 0 spiro atoms. The van der Waals surface area contributed by atoms with Gasteiger partial charge in [-0.15, -0.1) is 0 Å². The Kier molecular flexibility index (Phi) is 9.90. The number of halogens is 1. The third-order valence-electron chi connectivity index (χ3n) is 8.16. The van der Waals surface area contributed by atoms with Crippen molar-refractivity contribution in [3.05, 3.63) is 106 Å². The van der Waals surface area contributed by atoms with Crippen LogP contribution in [0.5, 0.6) is 5.75 Å². The molecule has 0 saturated carbocycles. The Morgan fingerprint density at radius 2 is 1.66 bits per heavy atom. The lowest BCUT2D eigenvalue weighted by molar-refractivity contribution is -0.140. The molecular weight excluding hydrogens is 578 g/mol. The molecule has 0 aromatic heterocycles. The van der Waals surface area contributed by atoms with Crippen molar-refractivity contribution in [3.8, 4) is 5.75 Å². The number of rotatable bonds is 9. The van der Waals surface area contributed by atoms with E-state index in [9.17, 15) is 14.4 Å². The van der Waals surface area contributed by atoms with E-state index in [4.69, 9.17) is 21.1 Å². The smallest absolute Gasteiger partial charge is 0.336 e. The van der Waals surface area contributed by atoms with E-state index in [-0.39, 0.29) is 31.4 Å². The maximum atomic E-state index is 13.5. The summed E-state index contributed by atoms with van der Waals surface area (Å²) in [6.45, 7) is 9.14. The molecule has 44 heavy (non-hydrogen) atoms. The summed E-state index contributed by atoms with van der Waals surface area (Å²) >= 11 is 6.24. The van der Waals surface area contributed by atoms with Gasteiger partial charge in [0.15, 0.2) is 0 Å². The van der Waals surface area contributed by atoms with Crippen LogP contribution in [0, 0.1) is 0 Å². The van der Waals surface area contributed by atoms with Crippen LogP contribution in [0.2, 0.25) is 5.02 Å². The van der Waals surface area contributed by atoms with Gasteiger partial charge in [-0.1, -0.05) is 48.0 Å². The lowest BCUT2D eigenvalue weighted by atomic mass is 9.83. The molecule has 0 N–H and O–H groups in total. The van der Waals surface area contributed by atoms with Crippen LogP contribution in [-0.4, -0.2) is 67.0 Å². The number of amides is 2. The van der Waals surface area contributed by atoms with E-state index in [0.717, 1.165) is 22.6 Å². The Morgan fingerprint density at radius 3 is 2.39 bits per heavy atom. The quantitative estimate of drug-likeness (QED) is 0.273. The highest BCUT2D eigenvalue weighted by Gasteiger charge is 2.37. The molecule has 2 aliphatic rings. The van der Waals surface area contributed by atoms with E-state index in [1.165, 1.54) is 0 Å². The Morgan fingerprint density at radius 1 is 0.909 bits per heavy atom. The standard InChI is InChI=1S/C35H38ClN3O5/c1-4-43-31-15-7-6-14-30(31)37-16-18-38(19-17-37)34(41)27-12-8-10-25(20-27)23-39-24(3)33(35(42)44-5-2)29(22-32(39)40)26-11-9-13-28(36)21-26/h6-15,20-21,29H,4-5,16-19,22-23H2,1-3H3. The Bertz CT molecular complexity index is 1560. The molecule has 0 aliphatic carbocycles. The first-order chi connectivity index (χ1) is 21.3. The summed E-state index contributed by atoms with van der Waals surface area (Å²) in [5, 5.41) is 0.538. The number of carbonyl (C=O) groups excluding carboxylic acids is 3. The fourth-order valence-electron chi connectivity index (χ4n) is 6.00. The highest BCUT2D eigenvalue weighted by atomic mass is 35.5. The highest BCUT2D eigenvalue weighted by molar-refractivity contribution is 6.30. The van der Waals surface area contributed by atoms with Crippen molar-refractivity contribution in [2.75, 3.05) is 44.3 Å². The number of anilines is 1. The largest absolute Gasteiger partial charge is 0.492 e. The molecule has 1 atom stereocenters. The second-order valence-electron chi connectivity index (χ2n) is 10.9. The number of carbonyl (C=O) groups is 3. The average Bonchev–Trinajstić information content (AvgIpc) is 3.03. The minimum Gasteiger partial charge on any atom is -0.492 e. The minimum absolute atomic E-state index is 0.0462. The Labute approximate surface area is 263 Å². The van der Waals surface area contributed by atoms with Crippen molar-refractivity contribution < 1.29 is 23.9 Å². The van der Waals surface area contributed by atoms with Gasteiger partial charge >= 0.3 is 5.97 Å². The zero-order chi connectivity index (χ0) is 31.2. The summed E-state index contributed by atoms with van der Waals surface area (Å²) < 4.78 is 11.2. The molecule has 3 aromatic rings. The molecule has 1 unspecified atom stereocenters. The van der Waals surface area contributed by atoms with Gasteiger partial charge in [0.05, 0.1) is 31.0 Å². The summed E-state index contributed by atoms with van der Waals surface area (Å²) in [4.78, 5) is 45.9. The highest BCUT2D eigenvalue weighted by Crippen LogP contribution is 2.38. The molecule has 1 fully saturated rings.